The highest BCUT2D eigenvalue weighted by Gasteiger charge is 2.31. The number of piperidine rings is 1. The highest BCUT2D eigenvalue weighted by atomic mass is 16.4. The summed E-state index contributed by atoms with van der Waals surface area (Å²) in [5, 5.41) is 10.1. The van der Waals surface area contributed by atoms with Gasteiger partial charge >= 0.3 is 5.97 Å². The first kappa shape index (κ1) is 13.7. The van der Waals surface area contributed by atoms with E-state index in [9.17, 15) is 9.59 Å². The number of benzene rings is 1. The number of hydrogen-bond acceptors (Lipinski definition) is 2. The van der Waals surface area contributed by atoms with Crippen molar-refractivity contribution < 1.29 is 14.7 Å². The van der Waals surface area contributed by atoms with Gasteiger partial charge in [-0.1, -0.05) is 18.2 Å². The number of hydrogen-bond donors (Lipinski definition) is 2. The maximum Gasteiger partial charge on any atom is 0.303 e. The van der Waals surface area contributed by atoms with E-state index in [1.165, 1.54) is 0 Å². The van der Waals surface area contributed by atoms with Crippen LogP contribution in [0.3, 0.4) is 0 Å². The lowest BCUT2D eigenvalue weighted by atomic mass is 9.85. The molecular weight excluding hydrogens is 268 g/mol. The predicted molar refractivity (Wildman–Crippen MR) is 78.8 cm³/mol. The smallest absolute Gasteiger partial charge is 0.303 e. The molecule has 21 heavy (non-hydrogen) atoms. The number of amides is 1. The number of nitrogens with one attached hydrogen (secondary N) is 1. The molecule has 0 saturated carbocycles. The Labute approximate surface area is 122 Å². The molecule has 0 spiro atoms. The van der Waals surface area contributed by atoms with E-state index in [2.05, 4.69) is 4.98 Å². The molecule has 3 rings (SSSR count). The van der Waals surface area contributed by atoms with Gasteiger partial charge in [0.15, 0.2) is 0 Å². The van der Waals surface area contributed by atoms with Crippen LogP contribution in [-0.4, -0.2) is 33.9 Å². The third-order valence-electron chi connectivity index (χ3n) is 4.33. The zero-order valence-corrected chi connectivity index (χ0v) is 11.7. The van der Waals surface area contributed by atoms with Gasteiger partial charge in [0.1, 0.15) is 0 Å². The molecule has 0 radical (unpaired) electrons. The van der Waals surface area contributed by atoms with Crippen molar-refractivity contribution in [1.82, 2.24) is 9.88 Å². The molecule has 1 amide bonds. The standard InChI is InChI=1S/C16H18N2O3/c19-10-18-6-5-11(8-16(20)21)7-15(18)13-9-17-14-4-2-1-3-12(13)14/h1-4,9-11,15,17H,5-8H2,(H,20,21)/t11-,15+/m1/s1. The van der Waals surface area contributed by atoms with E-state index in [-0.39, 0.29) is 18.4 Å². The minimum absolute atomic E-state index is 0.0447. The SMILES string of the molecule is O=CN1CC[C@@H](CC(=O)O)C[C@H]1c1c[nH]c2ccccc12. The van der Waals surface area contributed by atoms with Gasteiger partial charge in [0.2, 0.25) is 6.41 Å². The monoisotopic (exact) mass is 286 g/mol. The van der Waals surface area contributed by atoms with Gasteiger partial charge in [-0.05, 0) is 30.4 Å². The van der Waals surface area contributed by atoms with Crippen LogP contribution in [-0.2, 0) is 9.59 Å². The topological polar surface area (TPSA) is 73.4 Å². The van der Waals surface area contributed by atoms with Crippen LogP contribution >= 0.6 is 0 Å². The molecular formula is C16H18N2O3. The number of rotatable bonds is 4. The molecule has 110 valence electrons. The molecule has 0 unspecified atom stereocenters. The molecule has 2 aromatic rings. The molecule has 0 bridgehead atoms. The van der Waals surface area contributed by atoms with Gasteiger partial charge in [0.05, 0.1) is 6.04 Å². The quantitative estimate of drug-likeness (QED) is 0.848. The summed E-state index contributed by atoms with van der Waals surface area (Å²) >= 11 is 0. The van der Waals surface area contributed by atoms with Crippen molar-refractivity contribution in [1.29, 1.82) is 0 Å². The Balaban J connectivity index is 1.92. The molecule has 1 fully saturated rings. The minimum atomic E-state index is -0.766. The van der Waals surface area contributed by atoms with Crippen molar-refractivity contribution in [2.45, 2.75) is 25.3 Å². The number of aliphatic carboxylic acids is 1. The third-order valence-corrected chi connectivity index (χ3v) is 4.33. The summed E-state index contributed by atoms with van der Waals surface area (Å²) in [6.45, 7) is 0.617. The Bertz CT molecular complexity index is 664. The van der Waals surface area contributed by atoms with Gasteiger partial charge in [-0.2, -0.15) is 0 Å². The molecule has 0 aliphatic carbocycles. The summed E-state index contributed by atoms with van der Waals surface area (Å²) in [5.74, 6) is -0.644. The second-order valence-electron chi connectivity index (χ2n) is 5.64. The number of H-pyrrole nitrogens is 1. The second kappa shape index (κ2) is 5.60. The fourth-order valence-electron chi connectivity index (χ4n) is 3.29. The molecule has 2 atom stereocenters. The number of para-hydroxylation sites is 1. The molecule has 5 nitrogen and oxygen atoms in total. The zero-order chi connectivity index (χ0) is 14.8. The number of carbonyl (C=O) groups excluding carboxylic acids is 1. The van der Waals surface area contributed by atoms with Crippen LogP contribution in [0.25, 0.3) is 10.9 Å². The number of nitrogens with zero attached hydrogens (tertiary/aromatic N) is 1. The van der Waals surface area contributed by atoms with Gasteiger partial charge in [0.25, 0.3) is 0 Å². The fraction of sp³-hybridized carbons (Fsp3) is 0.375. The van der Waals surface area contributed by atoms with Crippen molar-refractivity contribution in [3.8, 4) is 0 Å². The lowest BCUT2D eigenvalue weighted by molar-refractivity contribution is -0.138. The van der Waals surface area contributed by atoms with Crippen LogP contribution in [0.5, 0.6) is 0 Å². The van der Waals surface area contributed by atoms with Gasteiger partial charge in [-0.15, -0.1) is 0 Å². The average molecular weight is 286 g/mol. The second-order valence-corrected chi connectivity index (χ2v) is 5.64. The van der Waals surface area contributed by atoms with Crippen molar-refractivity contribution in [3.05, 3.63) is 36.0 Å². The average Bonchev–Trinajstić information content (AvgIpc) is 2.90. The van der Waals surface area contributed by atoms with E-state index < -0.39 is 5.97 Å². The Hall–Kier alpha value is -2.30. The zero-order valence-electron chi connectivity index (χ0n) is 11.7. The van der Waals surface area contributed by atoms with Gasteiger partial charge in [-0.3, -0.25) is 9.59 Å². The lowest BCUT2D eigenvalue weighted by Crippen LogP contribution is -2.36. The normalized spacial score (nSPS) is 22.4. The Kier molecular flexibility index (Phi) is 3.64. The van der Waals surface area contributed by atoms with E-state index in [4.69, 9.17) is 5.11 Å². The highest BCUT2D eigenvalue weighted by Crippen LogP contribution is 2.37. The van der Waals surface area contributed by atoms with Gasteiger partial charge in [0, 0.05) is 30.1 Å². The summed E-state index contributed by atoms with van der Waals surface area (Å²) in [4.78, 5) is 27.3. The molecule has 2 heterocycles. The molecule has 1 aromatic carbocycles. The predicted octanol–water partition coefficient (Wildman–Crippen LogP) is 2.55. The Morgan fingerprint density at radius 2 is 2.24 bits per heavy atom. The van der Waals surface area contributed by atoms with E-state index >= 15 is 0 Å². The van der Waals surface area contributed by atoms with E-state index in [1.54, 1.807) is 4.90 Å². The van der Waals surface area contributed by atoms with Gasteiger partial charge in [-0.25, -0.2) is 0 Å². The molecule has 1 saturated heterocycles. The largest absolute Gasteiger partial charge is 0.481 e. The summed E-state index contributed by atoms with van der Waals surface area (Å²) in [5.41, 5.74) is 2.12. The van der Waals surface area contributed by atoms with Crippen LogP contribution in [0.2, 0.25) is 0 Å². The van der Waals surface area contributed by atoms with Crippen molar-refractivity contribution in [2.24, 2.45) is 5.92 Å². The summed E-state index contributed by atoms with van der Waals surface area (Å²) < 4.78 is 0. The lowest BCUT2D eigenvalue weighted by Gasteiger charge is -2.36. The number of aromatic nitrogens is 1. The molecule has 2 N–H and O–H groups in total. The number of carboxylic acids is 1. The summed E-state index contributed by atoms with van der Waals surface area (Å²) in [7, 11) is 0. The number of carbonyl (C=O) groups is 2. The summed E-state index contributed by atoms with van der Waals surface area (Å²) in [6.07, 6.45) is 4.45. The number of carboxylic acid groups (broad SMARTS) is 1. The first-order chi connectivity index (χ1) is 10.2. The molecule has 1 aromatic heterocycles. The first-order valence-electron chi connectivity index (χ1n) is 7.18. The number of likely N-dealkylation sites (tertiary alicyclic amines) is 1. The van der Waals surface area contributed by atoms with Crippen LogP contribution < -0.4 is 0 Å². The van der Waals surface area contributed by atoms with E-state index in [0.717, 1.165) is 29.3 Å². The Morgan fingerprint density at radius 1 is 1.43 bits per heavy atom. The highest BCUT2D eigenvalue weighted by molar-refractivity contribution is 5.83. The summed E-state index contributed by atoms with van der Waals surface area (Å²) in [6, 6.07) is 7.93. The number of aromatic amines is 1. The molecule has 5 heteroatoms. The number of fused-ring (bicyclic) bond motifs is 1. The first-order valence-corrected chi connectivity index (χ1v) is 7.18. The fourth-order valence-corrected chi connectivity index (χ4v) is 3.29. The maximum absolute atomic E-state index is 11.3. The van der Waals surface area contributed by atoms with Crippen molar-refractivity contribution >= 4 is 23.3 Å². The molecule has 1 aliphatic heterocycles. The maximum atomic E-state index is 11.3. The van der Waals surface area contributed by atoms with Crippen LogP contribution in [0, 0.1) is 5.92 Å². The Morgan fingerprint density at radius 3 is 3.00 bits per heavy atom. The van der Waals surface area contributed by atoms with Crippen molar-refractivity contribution in [3.63, 3.8) is 0 Å². The minimum Gasteiger partial charge on any atom is -0.481 e. The van der Waals surface area contributed by atoms with E-state index in [0.29, 0.717) is 13.0 Å². The van der Waals surface area contributed by atoms with E-state index in [1.807, 2.05) is 30.5 Å². The van der Waals surface area contributed by atoms with Crippen LogP contribution in [0.15, 0.2) is 30.5 Å². The van der Waals surface area contributed by atoms with Gasteiger partial charge < -0.3 is 15.0 Å². The van der Waals surface area contributed by atoms with Crippen LogP contribution in [0.4, 0.5) is 0 Å². The van der Waals surface area contributed by atoms with Crippen LogP contribution in [0.1, 0.15) is 30.9 Å². The van der Waals surface area contributed by atoms with Crippen molar-refractivity contribution in [2.75, 3.05) is 6.54 Å². The third kappa shape index (κ3) is 2.63. The molecule has 1 aliphatic rings.